The number of amides is 3. The Labute approximate surface area is 109 Å². The van der Waals surface area contributed by atoms with Crippen molar-refractivity contribution < 1.29 is 18.8 Å². The Morgan fingerprint density at radius 1 is 1.21 bits per heavy atom. The van der Waals surface area contributed by atoms with Crippen LogP contribution in [0.15, 0.2) is 24.3 Å². The topological polar surface area (TPSA) is 66.5 Å². The Balaban J connectivity index is 1.87. The zero-order valence-corrected chi connectivity index (χ0v) is 10.2. The molecule has 6 heteroatoms. The fourth-order valence-corrected chi connectivity index (χ4v) is 1.86. The van der Waals surface area contributed by atoms with Gasteiger partial charge in [0.05, 0.1) is 5.69 Å². The summed E-state index contributed by atoms with van der Waals surface area (Å²) in [5.41, 5.74) is 0.0894. The Morgan fingerprint density at radius 3 is 2.47 bits per heavy atom. The highest BCUT2D eigenvalue weighted by molar-refractivity contribution is 6.02. The molecule has 0 aromatic heterocycles. The van der Waals surface area contributed by atoms with E-state index in [4.69, 9.17) is 0 Å². The van der Waals surface area contributed by atoms with E-state index in [1.807, 2.05) is 0 Å². The smallest absolute Gasteiger partial charge is 0.229 e. The van der Waals surface area contributed by atoms with Crippen molar-refractivity contribution in [2.45, 2.75) is 19.3 Å². The van der Waals surface area contributed by atoms with Gasteiger partial charge >= 0.3 is 0 Å². The third kappa shape index (κ3) is 3.15. The summed E-state index contributed by atoms with van der Waals surface area (Å²) >= 11 is 0. The van der Waals surface area contributed by atoms with Crippen molar-refractivity contribution in [3.63, 3.8) is 0 Å². The average Bonchev–Trinajstić information content (AvgIpc) is 2.70. The zero-order valence-electron chi connectivity index (χ0n) is 10.2. The molecule has 1 aromatic carbocycles. The molecule has 0 unspecified atom stereocenters. The molecule has 0 aliphatic carbocycles. The van der Waals surface area contributed by atoms with Crippen molar-refractivity contribution >= 4 is 23.4 Å². The molecule has 0 saturated carbocycles. The number of carbonyl (C=O) groups is 3. The SMILES string of the molecule is O=C(CCN1C(=O)CCC1=O)Nc1ccccc1F. The van der Waals surface area contributed by atoms with E-state index in [-0.39, 0.29) is 43.3 Å². The quantitative estimate of drug-likeness (QED) is 0.834. The van der Waals surface area contributed by atoms with Crippen molar-refractivity contribution in [3.05, 3.63) is 30.1 Å². The monoisotopic (exact) mass is 264 g/mol. The molecule has 3 amide bonds. The predicted molar refractivity (Wildman–Crippen MR) is 65.6 cm³/mol. The summed E-state index contributed by atoms with van der Waals surface area (Å²) in [6.07, 6.45) is 0.368. The standard InChI is InChI=1S/C13H13FN2O3/c14-9-3-1-2-4-10(9)15-11(17)7-8-16-12(18)5-6-13(16)19/h1-4H,5-8H2,(H,15,17). The number of carbonyl (C=O) groups excluding carboxylic acids is 3. The molecular weight excluding hydrogens is 251 g/mol. The number of para-hydroxylation sites is 1. The second-order valence-corrected chi connectivity index (χ2v) is 4.22. The highest BCUT2D eigenvalue weighted by Crippen LogP contribution is 2.14. The van der Waals surface area contributed by atoms with Crippen molar-refractivity contribution in [2.24, 2.45) is 0 Å². The molecule has 0 bridgehead atoms. The van der Waals surface area contributed by atoms with Crippen LogP contribution >= 0.6 is 0 Å². The van der Waals surface area contributed by atoms with E-state index in [2.05, 4.69) is 5.32 Å². The van der Waals surface area contributed by atoms with Crippen molar-refractivity contribution in [1.82, 2.24) is 4.90 Å². The summed E-state index contributed by atoms with van der Waals surface area (Å²) in [5.74, 6) is -1.48. The first kappa shape index (κ1) is 13.2. The molecule has 5 nitrogen and oxygen atoms in total. The summed E-state index contributed by atoms with van der Waals surface area (Å²) < 4.78 is 13.3. The summed E-state index contributed by atoms with van der Waals surface area (Å²) in [5, 5.41) is 2.40. The van der Waals surface area contributed by atoms with Gasteiger partial charge in [-0.05, 0) is 12.1 Å². The number of benzene rings is 1. The van der Waals surface area contributed by atoms with Crippen LogP contribution in [0.4, 0.5) is 10.1 Å². The number of hydrogen-bond acceptors (Lipinski definition) is 3. The molecule has 19 heavy (non-hydrogen) atoms. The van der Waals surface area contributed by atoms with Gasteiger partial charge in [-0.25, -0.2) is 4.39 Å². The number of imide groups is 1. The van der Waals surface area contributed by atoms with Crippen LogP contribution in [-0.4, -0.2) is 29.2 Å². The van der Waals surface area contributed by atoms with E-state index < -0.39 is 11.7 Å². The van der Waals surface area contributed by atoms with E-state index in [9.17, 15) is 18.8 Å². The van der Waals surface area contributed by atoms with Gasteiger partial charge in [0.15, 0.2) is 0 Å². The number of hydrogen-bond donors (Lipinski definition) is 1. The molecule has 1 heterocycles. The van der Waals surface area contributed by atoms with E-state index >= 15 is 0 Å². The molecule has 0 radical (unpaired) electrons. The molecule has 2 rings (SSSR count). The normalized spacial score (nSPS) is 14.9. The first-order chi connectivity index (χ1) is 9.08. The van der Waals surface area contributed by atoms with Crippen molar-refractivity contribution in [1.29, 1.82) is 0 Å². The van der Waals surface area contributed by atoms with Gasteiger partial charge in [-0.15, -0.1) is 0 Å². The van der Waals surface area contributed by atoms with E-state index in [1.54, 1.807) is 6.07 Å². The van der Waals surface area contributed by atoms with Gasteiger partial charge in [0.25, 0.3) is 0 Å². The summed E-state index contributed by atoms with van der Waals surface area (Å²) in [4.78, 5) is 35.3. The lowest BCUT2D eigenvalue weighted by atomic mass is 10.3. The van der Waals surface area contributed by atoms with E-state index in [1.165, 1.54) is 18.2 Å². The van der Waals surface area contributed by atoms with Gasteiger partial charge in [0.1, 0.15) is 5.82 Å². The first-order valence-electron chi connectivity index (χ1n) is 5.95. The van der Waals surface area contributed by atoms with Crippen LogP contribution in [0, 0.1) is 5.82 Å². The fraction of sp³-hybridized carbons (Fsp3) is 0.308. The number of nitrogens with one attached hydrogen (secondary N) is 1. The van der Waals surface area contributed by atoms with E-state index in [0.29, 0.717) is 0 Å². The lowest BCUT2D eigenvalue weighted by molar-refractivity contribution is -0.138. The van der Waals surface area contributed by atoms with Crippen LogP contribution < -0.4 is 5.32 Å². The maximum absolute atomic E-state index is 13.3. The van der Waals surface area contributed by atoms with Crippen LogP contribution in [0.2, 0.25) is 0 Å². The Hall–Kier alpha value is -2.24. The Morgan fingerprint density at radius 2 is 1.84 bits per heavy atom. The molecule has 1 aliphatic rings. The Kier molecular flexibility index (Phi) is 3.89. The molecule has 1 N–H and O–H groups in total. The van der Waals surface area contributed by atoms with E-state index in [0.717, 1.165) is 4.90 Å². The molecule has 100 valence electrons. The number of halogens is 1. The van der Waals surface area contributed by atoms with Crippen LogP contribution in [0.5, 0.6) is 0 Å². The highest BCUT2D eigenvalue weighted by atomic mass is 19.1. The molecule has 1 aliphatic heterocycles. The second kappa shape index (κ2) is 5.60. The zero-order chi connectivity index (χ0) is 13.8. The van der Waals surface area contributed by atoms with Crippen molar-refractivity contribution in [3.8, 4) is 0 Å². The van der Waals surface area contributed by atoms with Gasteiger partial charge in [0.2, 0.25) is 17.7 Å². The summed E-state index contributed by atoms with van der Waals surface area (Å²) in [7, 11) is 0. The van der Waals surface area contributed by atoms with Crippen LogP contribution in [0.25, 0.3) is 0 Å². The van der Waals surface area contributed by atoms with Gasteiger partial charge < -0.3 is 5.32 Å². The fourth-order valence-electron chi connectivity index (χ4n) is 1.86. The highest BCUT2D eigenvalue weighted by Gasteiger charge is 2.28. The second-order valence-electron chi connectivity index (χ2n) is 4.22. The minimum absolute atomic E-state index is 0.0359. The van der Waals surface area contributed by atoms with Crippen LogP contribution in [0.3, 0.4) is 0 Å². The number of nitrogens with zero attached hydrogens (tertiary/aromatic N) is 1. The average molecular weight is 264 g/mol. The molecular formula is C13H13FN2O3. The van der Waals surface area contributed by atoms with Crippen LogP contribution in [-0.2, 0) is 14.4 Å². The molecule has 0 atom stereocenters. The molecule has 1 fully saturated rings. The molecule has 1 saturated heterocycles. The molecule has 0 spiro atoms. The summed E-state index contributed by atoms with van der Waals surface area (Å²) in [6.45, 7) is 0.0396. The number of likely N-dealkylation sites (tertiary alicyclic amines) is 1. The first-order valence-corrected chi connectivity index (χ1v) is 5.95. The largest absolute Gasteiger partial charge is 0.324 e. The number of rotatable bonds is 4. The Bertz CT molecular complexity index is 514. The third-order valence-corrected chi connectivity index (χ3v) is 2.87. The van der Waals surface area contributed by atoms with Gasteiger partial charge in [0, 0.05) is 25.8 Å². The third-order valence-electron chi connectivity index (χ3n) is 2.87. The minimum atomic E-state index is -0.524. The number of anilines is 1. The molecule has 1 aromatic rings. The minimum Gasteiger partial charge on any atom is -0.324 e. The van der Waals surface area contributed by atoms with Gasteiger partial charge in [-0.3, -0.25) is 19.3 Å². The maximum Gasteiger partial charge on any atom is 0.229 e. The lowest BCUT2D eigenvalue weighted by Gasteiger charge is -2.13. The lowest BCUT2D eigenvalue weighted by Crippen LogP contribution is -2.32. The summed E-state index contributed by atoms with van der Waals surface area (Å²) in [6, 6.07) is 5.81. The van der Waals surface area contributed by atoms with Crippen LogP contribution in [0.1, 0.15) is 19.3 Å². The van der Waals surface area contributed by atoms with Gasteiger partial charge in [-0.1, -0.05) is 12.1 Å². The van der Waals surface area contributed by atoms with Crippen molar-refractivity contribution in [2.75, 3.05) is 11.9 Å². The van der Waals surface area contributed by atoms with Gasteiger partial charge in [-0.2, -0.15) is 0 Å². The predicted octanol–water partition coefficient (Wildman–Crippen LogP) is 1.30. The maximum atomic E-state index is 13.3.